The number of carbonyl (C=O) groups is 2. The lowest BCUT2D eigenvalue weighted by molar-refractivity contribution is -0.137. The van der Waals surface area contributed by atoms with E-state index in [4.69, 9.17) is 0 Å². The van der Waals surface area contributed by atoms with Gasteiger partial charge in [-0.2, -0.15) is 5.10 Å². The van der Waals surface area contributed by atoms with Crippen molar-refractivity contribution in [1.82, 2.24) is 20.0 Å². The highest BCUT2D eigenvalue weighted by Crippen LogP contribution is 2.25. The van der Waals surface area contributed by atoms with E-state index in [1.165, 1.54) is 0 Å². The molecule has 0 spiro atoms. The molecule has 2 aliphatic heterocycles. The van der Waals surface area contributed by atoms with E-state index >= 15 is 0 Å². The van der Waals surface area contributed by atoms with E-state index in [0.717, 1.165) is 31.6 Å². The standard InChI is InChI=1S/C17H27N5O2/c1-13(14-3-5-18-6-4-14)9-16(23)21-7-8-22(17(24)12-21)15-10-19-20(2)11-15/h10-11,13-14,18H,3-9,12H2,1-2H3. The van der Waals surface area contributed by atoms with Crippen LogP contribution < -0.4 is 10.2 Å². The number of anilines is 1. The van der Waals surface area contributed by atoms with Gasteiger partial charge in [-0.15, -0.1) is 0 Å². The van der Waals surface area contributed by atoms with Crippen LogP contribution in [0.4, 0.5) is 5.69 Å². The van der Waals surface area contributed by atoms with Gasteiger partial charge in [0.2, 0.25) is 11.8 Å². The first-order valence-electron chi connectivity index (χ1n) is 8.82. The Labute approximate surface area is 143 Å². The molecule has 2 aliphatic rings. The highest BCUT2D eigenvalue weighted by atomic mass is 16.2. The third kappa shape index (κ3) is 3.77. The molecule has 1 aromatic rings. The second-order valence-electron chi connectivity index (χ2n) is 7.00. The molecule has 24 heavy (non-hydrogen) atoms. The summed E-state index contributed by atoms with van der Waals surface area (Å²) < 4.78 is 1.68. The average molecular weight is 333 g/mol. The molecule has 3 heterocycles. The topological polar surface area (TPSA) is 70.5 Å². The van der Waals surface area contributed by atoms with Crippen LogP contribution in [0.2, 0.25) is 0 Å². The number of rotatable bonds is 4. The van der Waals surface area contributed by atoms with Gasteiger partial charge in [0.1, 0.15) is 6.54 Å². The number of carbonyl (C=O) groups excluding carboxylic acids is 2. The van der Waals surface area contributed by atoms with E-state index < -0.39 is 0 Å². The molecule has 2 fully saturated rings. The van der Waals surface area contributed by atoms with E-state index in [0.29, 0.717) is 31.3 Å². The first-order chi connectivity index (χ1) is 11.5. The monoisotopic (exact) mass is 333 g/mol. The Hall–Kier alpha value is -1.89. The molecule has 2 amide bonds. The third-order valence-corrected chi connectivity index (χ3v) is 5.26. The quantitative estimate of drug-likeness (QED) is 0.877. The number of hydrogen-bond acceptors (Lipinski definition) is 4. The summed E-state index contributed by atoms with van der Waals surface area (Å²) in [5.41, 5.74) is 0.803. The minimum atomic E-state index is -0.0304. The van der Waals surface area contributed by atoms with Gasteiger partial charge in [-0.25, -0.2) is 0 Å². The van der Waals surface area contributed by atoms with Gasteiger partial charge < -0.3 is 15.1 Å². The molecule has 3 rings (SSSR count). The number of nitrogens with zero attached hydrogens (tertiary/aromatic N) is 4. The molecule has 1 unspecified atom stereocenters. The summed E-state index contributed by atoms with van der Waals surface area (Å²) in [7, 11) is 1.83. The number of amides is 2. The van der Waals surface area contributed by atoms with Gasteiger partial charge in [0.05, 0.1) is 11.9 Å². The summed E-state index contributed by atoms with van der Waals surface area (Å²) in [5.74, 6) is 1.07. The van der Waals surface area contributed by atoms with Crippen LogP contribution in [0.3, 0.4) is 0 Å². The Kier molecular flexibility index (Phi) is 5.18. The molecule has 0 radical (unpaired) electrons. The SMILES string of the molecule is CC(CC(=O)N1CCN(c2cnn(C)c2)C(=O)C1)C1CCNCC1. The van der Waals surface area contributed by atoms with Gasteiger partial charge in [-0.3, -0.25) is 14.3 Å². The number of piperidine rings is 1. The van der Waals surface area contributed by atoms with Crippen LogP contribution in [0, 0.1) is 11.8 Å². The van der Waals surface area contributed by atoms with Crippen LogP contribution in [0.1, 0.15) is 26.2 Å². The maximum Gasteiger partial charge on any atom is 0.246 e. The number of piperazine rings is 1. The first kappa shape index (κ1) is 17.0. The zero-order valence-corrected chi connectivity index (χ0v) is 14.6. The summed E-state index contributed by atoms with van der Waals surface area (Å²) in [5, 5.41) is 7.47. The zero-order valence-electron chi connectivity index (χ0n) is 14.6. The average Bonchev–Trinajstić information content (AvgIpc) is 3.01. The number of nitrogens with one attached hydrogen (secondary N) is 1. The van der Waals surface area contributed by atoms with Crippen LogP contribution in [0.5, 0.6) is 0 Å². The molecule has 2 saturated heterocycles. The van der Waals surface area contributed by atoms with Gasteiger partial charge in [0.15, 0.2) is 0 Å². The Morgan fingerprint density at radius 2 is 2.12 bits per heavy atom. The smallest absolute Gasteiger partial charge is 0.246 e. The van der Waals surface area contributed by atoms with Gasteiger partial charge in [0, 0.05) is 32.8 Å². The van der Waals surface area contributed by atoms with E-state index in [1.54, 1.807) is 20.7 Å². The Morgan fingerprint density at radius 3 is 2.75 bits per heavy atom. The molecule has 0 aromatic carbocycles. The van der Waals surface area contributed by atoms with Gasteiger partial charge in [0.25, 0.3) is 0 Å². The maximum absolute atomic E-state index is 12.6. The molecule has 7 heteroatoms. The second-order valence-corrected chi connectivity index (χ2v) is 7.00. The molecular weight excluding hydrogens is 306 g/mol. The summed E-state index contributed by atoms with van der Waals surface area (Å²) in [6.45, 7) is 5.57. The summed E-state index contributed by atoms with van der Waals surface area (Å²) >= 11 is 0. The highest BCUT2D eigenvalue weighted by molar-refractivity contribution is 5.97. The van der Waals surface area contributed by atoms with Crippen molar-refractivity contribution in [3.63, 3.8) is 0 Å². The fourth-order valence-corrected chi connectivity index (χ4v) is 3.69. The third-order valence-electron chi connectivity index (χ3n) is 5.26. The summed E-state index contributed by atoms with van der Waals surface area (Å²) in [6, 6.07) is 0. The van der Waals surface area contributed by atoms with Crippen LogP contribution in [-0.4, -0.2) is 59.2 Å². The minimum absolute atomic E-state index is 0.0304. The van der Waals surface area contributed by atoms with Crippen molar-refractivity contribution in [3.05, 3.63) is 12.4 Å². The number of hydrogen-bond donors (Lipinski definition) is 1. The van der Waals surface area contributed by atoms with Crippen molar-refractivity contribution >= 4 is 17.5 Å². The normalized spacial score (nSPS) is 21.2. The largest absolute Gasteiger partial charge is 0.332 e. The number of aryl methyl sites for hydroxylation is 1. The number of aromatic nitrogens is 2. The molecule has 1 N–H and O–H groups in total. The molecule has 1 atom stereocenters. The predicted molar refractivity (Wildman–Crippen MR) is 91.5 cm³/mol. The van der Waals surface area contributed by atoms with Crippen LogP contribution in [-0.2, 0) is 16.6 Å². The summed E-state index contributed by atoms with van der Waals surface area (Å²) in [6.07, 6.45) is 6.35. The van der Waals surface area contributed by atoms with E-state index in [1.807, 2.05) is 13.2 Å². The molecule has 0 saturated carbocycles. The maximum atomic E-state index is 12.6. The Bertz CT molecular complexity index is 594. The lowest BCUT2D eigenvalue weighted by atomic mass is 9.84. The minimum Gasteiger partial charge on any atom is -0.332 e. The summed E-state index contributed by atoms with van der Waals surface area (Å²) in [4.78, 5) is 28.4. The Morgan fingerprint density at radius 1 is 1.38 bits per heavy atom. The van der Waals surface area contributed by atoms with Crippen molar-refractivity contribution in [1.29, 1.82) is 0 Å². The first-order valence-corrected chi connectivity index (χ1v) is 8.82. The van der Waals surface area contributed by atoms with Crippen molar-refractivity contribution in [3.8, 4) is 0 Å². The van der Waals surface area contributed by atoms with Crippen molar-refractivity contribution < 1.29 is 9.59 Å². The highest BCUT2D eigenvalue weighted by Gasteiger charge is 2.30. The van der Waals surface area contributed by atoms with Gasteiger partial charge in [-0.05, 0) is 37.8 Å². The fourth-order valence-electron chi connectivity index (χ4n) is 3.69. The molecule has 132 valence electrons. The van der Waals surface area contributed by atoms with E-state index in [-0.39, 0.29) is 18.4 Å². The molecule has 0 aliphatic carbocycles. The second kappa shape index (κ2) is 7.34. The lowest BCUT2D eigenvalue weighted by Crippen LogP contribution is -2.52. The van der Waals surface area contributed by atoms with Crippen LogP contribution >= 0.6 is 0 Å². The van der Waals surface area contributed by atoms with Crippen LogP contribution in [0.25, 0.3) is 0 Å². The Balaban J connectivity index is 1.53. The van der Waals surface area contributed by atoms with E-state index in [9.17, 15) is 9.59 Å². The predicted octanol–water partition coefficient (Wildman–Crippen LogP) is 0.621. The van der Waals surface area contributed by atoms with Gasteiger partial charge >= 0.3 is 0 Å². The molecular formula is C17H27N5O2. The van der Waals surface area contributed by atoms with Crippen molar-refractivity contribution in [2.24, 2.45) is 18.9 Å². The van der Waals surface area contributed by atoms with Crippen molar-refractivity contribution in [2.75, 3.05) is 37.6 Å². The molecule has 7 nitrogen and oxygen atoms in total. The van der Waals surface area contributed by atoms with E-state index in [2.05, 4.69) is 17.3 Å². The molecule has 0 bridgehead atoms. The zero-order chi connectivity index (χ0) is 17.1. The van der Waals surface area contributed by atoms with Crippen LogP contribution in [0.15, 0.2) is 12.4 Å². The lowest BCUT2D eigenvalue weighted by Gasteiger charge is -2.35. The van der Waals surface area contributed by atoms with Crippen molar-refractivity contribution in [2.45, 2.75) is 26.2 Å². The van der Waals surface area contributed by atoms with Gasteiger partial charge in [-0.1, -0.05) is 6.92 Å². The molecule has 1 aromatic heterocycles. The fraction of sp³-hybridized carbons (Fsp3) is 0.706.